The minimum absolute atomic E-state index is 0.0208. The highest BCUT2D eigenvalue weighted by Gasteiger charge is 2.22. The lowest BCUT2D eigenvalue weighted by molar-refractivity contribution is -0.137. The Balaban J connectivity index is 1.53. The smallest absolute Gasteiger partial charge is 0.142 e. The lowest BCUT2D eigenvalue weighted by Crippen LogP contribution is -2.30. The first-order chi connectivity index (χ1) is 12.2. The van der Waals surface area contributed by atoms with Crippen molar-refractivity contribution in [1.29, 1.82) is 0 Å². The van der Waals surface area contributed by atoms with Crippen LogP contribution in [0.2, 0.25) is 5.02 Å². The van der Waals surface area contributed by atoms with Gasteiger partial charge in [-0.25, -0.2) is 4.39 Å². The quantitative estimate of drug-likeness (QED) is 0.673. The molecule has 25 heavy (non-hydrogen) atoms. The Bertz CT molecular complexity index is 679. The zero-order valence-electron chi connectivity index (χ0n) is 14.5. The van der Waals surface area contributed by atoms with E-state index in [1.165, 1.54) is 11.6 Å². The molecule has 0 bridgehead atoms. The van der Waals surface area contributed by atoms with E-state index in [0.29, 0.717) is 13.2 Å². The first kappa shape index (κ1) is 18.4. The summed E-state index contributed by atoms with van der Waals surface area (Å²) in [6.45, 7) is 3.45. The lowest BCUT2D eigenvalue weighted by Gasteiger charge is -2.29. The second-order valence-electron chi connectivity index (χ2n) is 6.56. The first-order valence-corrected chi connectivity index (χ1v) is 9.29. The third kappa shape index (κ3) is 5.04. The highest BCUT2D eigenvalue weighted by atomic mass is 35.5. The highest BCUT2D eigenvalue weighted by molar-refractivity contribution is 6.30. The van der Waals surface area contributed by atoms with Gasteiger partial charge in [-0.15, -0.1) is 0 Å². The summed E-state index contributed by atoms with van der Waals surface area (Å²) in [6, 6.07) is 13.4. The molecule has 134 valence electrons. The van der Waals surface area contributed by atoms with E-state index in [-0.39, 0.29) is 23.0 Å². The summed E-state index contributed by atoms with van der Waals surface area (Å²) in [4.78, 5) is 0. The van der Waals surface area contributed by atoms with Gasteiger partial charge in [-0.2, -0.15) is 0 Å². The molecule has 0 N–H and O–H groups in total. The van der Waals surface area contributed by atoms with E-state index >= 15 is 0 Å². The molecule has 0 spiro atoms. The van der Waals surface area contributed by atoms with E-state index in [4.69, 9.17) is 21.1 Å². The van der Waals surface area contributed by atoms with E-state index in [2.05, 4.69) is 31.2 Å². The molecule has 0 saturated carbocycles. The summed E-state index contributed by atoms with van der Waals surface area (Å²) in [5.74, 6) is -0.356. The Hall–Kier alpha value is -1.42. The Morgan fingerprint density at radius 2 is 1.72 bits per heavy atom. The molecule has 1 aliphatic rings. The standard InChI is InChI=1S/C21H24ClFO2/c1-2-3-18-13-25-21(14-24-18)17-9-6-15(7-10-17)4-5-16-8-11-19(22)20(23)12-16/h6-12,18,21H,2-5,13-14H2,1H3. The van der Waals surface area contributed by atoms with Crippen LogP contribution in [0.25, 0.3) is 0 Å². The third-order valence-electron chi connectivity index (χ3n) is 4.62. The van der Waals surface area contributed by atoms with Gasteiger partial charge in [0.15, 0.2) is 0 Å². The largest absolute Gasteiger partial charge is 0.373 e. The fraction of sp³-hybridized carbons (Fsp3) is 0.429. The summed E-state index contributed by atoms with van der Waals surface area (Å²) in [7, 11) is 0. The Labute approximate surface area is 153 Å². The molecule has 1 heterocycles. The highest BCUT2D eigenvalue weighted by Crippen LogP contribution is 2.25. The molecule has 1 saturated heterocycles. The van der Waals surface area contributed by atoms with Crippen LogP contribution in [0.3, 0.4) is 0 Å². The van der Waals surface area contributed by atoms with Gasteiger partial charge in [-0.05, 0) is 48.1 Å². The van der Waals surface area contributed by atoms with Gasteiger partial charge in [-0.3, -0.25) is 0 Å². The van der Waals surface area contributed by atoms with Crippen LogP contribution in [-0.4, -0.2) is 19.3 Å². The molecule has 0 aromatic heterocycles. The van der Waals surface area contributed by atoms with Crippen LogP contribution in [0.1, 0.15) is 42.6 Å². The minimum Gasteiger partial charge on any atom is -0.373 e. The molecule has 4 heteroatoms. The molecule has 1 fully saturated rings. The maximum absolute atomic E-state index is 13.5. The molecule has 2 unspecified atom stereocenters. The second-order valence-corrected chi connectivity index (χ2v) is 6.96. The normalized spacial score (nSPS) is 20.6. The van der Waals surface area contributed by atoms with Crippen LogP contribution in [0.5, 0.6) is 0 Å². The number of hydrogen-bond donors (Lipinski definition) is 0. The zero-order chi connectivity index (χ0) is 17.6. The third-order valence-corrected chi connectivity index (χ3v) is 4.92. The van der Waals surface area contributed by atoms with Gasteiger partial charge in [-0.1, -0.05) is 55.3 Å². The van der Waals surface area contributed by atoms with Crippen LogP contribution in [0.4, 0.5) is 4.39 Å². The summed E-state index contributed by atoms with van der Waals surface area (Å²) in [5.41, 5.74) is 3.33. The number of hydrogen-bond acceptors (Lipinski definition) is 2. The van der Waals surface area contributed by atoms with Gasteiger partial charge in [0, 0.05) is 0 Å². The van der Waals surface area contributed by atoms with Crippen molar-refractivity contribution in [3.05, 3.63) is 70.0 Å². The molecule has 0 aliphatic carbocycles. The summed E-state index contributed by atoms with van der Waals surface area (Å²) >= 11 is 5.72. The van der Waals surface area contributed by atoms with E-state index < -0.39 is 0 Å². The lowest BCUT2D eigenvalue weighted by atomic mass is 10.0. The van der Waals surface area contributed by atoms with Crippen LogP contribution < -0.4 is 0 Å². The van der Waals surface area contributed by atoms with Gasteiger partial charge < -0.3 is 9.47 Å². The summed E-state index contributed by atoms with van der Waals surface area (Å²) < 4.78 is 25.3. The maximum Gasteiger partial charge on any atom is 0.142 e. The molecular formula is C21H24ClFO2. The topological polar surface area (TPSA) is 18.5 Å². The number of aryl methyl sites for hydroxylation is 2. The first-order valence-electron chi connectivity index (χ1n) is 8.91. The van der Waals surface area contributed by atoms with E-state index in [0.717, 1.165) is 36.8 Å². The van der Waals surface area contributed by atoms with Crippen molar-refractivity contribution in [3.63, 3.8) is 0 Å². The van der Waals surface area contributed by atoms with Crippen LogP contribution in [-0.2, 0) is 22.3 Å². The van der Waals surface area contributed by atoms with Crippen molar-refractivity contribution in [2.45, 2.75) is 44.8 Å². The second kappa shape index (κ2) is 8.79. The fourth-order valence-electron chi connectivity index (χ4n) is 3.11. The van der Waals surface area contributed by atoms with Crippen LogP contribution in [0, 0.1) is 5.82 Å². The number of ether oxygens (including phenoxy) is 2. The molecule has 0 radical (unpaired) electrons. The Kier molecular flexibility index (Phi) is 6.46. The molecule has 3 rings (SSSR count). The fourth-order valence-corrected chi connectivity index (χ4v) is 3.22. The predicted octanol–water partition coefficient (Wildman–Crippen LogP) is 5.52. The van der Waals surface area contributed by atoms with Crippen molar-refractivity contribution in [2.75, 3.05) is 13.2 Å². The molecule has 2 atom stereocenters. The SMILES string of the molecule is CCCC1COC(c2ccc(CCc3ccc(Cl)c(F)c3)cc2)CO1. The van der Waals surface area contributed by atoms with Gasteiger partial charge in [0.05, 0.1) is 24.3 Å². The molecule has 2 aromatic carbocycles. The molecule has 0 amide bonds. The average molecular weight is 363 g/mol. The maximum atomic E-state index is 13.5. The zero-order valence-corrected chi connectivity index (χ0v) is 15.3. The molecular weight excluding hydrogens is 339 g/mol. The Morgan fingerprint density at radius 3 is 2.36 bits per heavy atom. The van der Waals surface area contributed by atoms with Crippen molar-refractivity contribution >= 4 is 11.6 Å². The molecule has 2 aromatic rings. The monoisotopic (exact) mass is 362 g/mol. The predicted molar refractivity (Wildman–Crippen MR) is 98.6 cm³/mol. The molecule has 1 aliphatic heterocycles. The summed E-state index contributed by atoms with van der Waals surface area (Å²) in [5, 5.41) is 0.170. The summed E-state index contributed by atoms with van der Waals surface area (Å²) in [6.07, 6.45) is 4.08. The van der Waals surface area contributed by atoms with Crippen LogP contribution in [0.15, 0.2) is 42.5 Å². The van der Waals surface area contributed by atoms with Crippen molar-refractivity contribution in [2.24, 2.45) is 0 Å². The number of benzene rings is 2. The number of rotatable bonds is 6. The average Bonchev–Trinajstić information content (AvgIpc) is 2.64. The number of halogens is 2. The van der Waals surface area contributed by atoms with E-state index in [1.807, 2.05) is 6.07 Å². The van der Waals surface area contributed by atoms with E-state index in [1.54, 1.807) is 6.07 Å². The van der Waals surface area contributed by atoms with E-state index in [9.17, 15) is 4.39 Å². The van der Waals surface area contributed by atoms with Crippen molar-refractivity contribution < 1.29 is 13.9 Å². The van der Waals surface area contributed by atoms with Gasteiger partial charge in [0.25, 0.3) is 0 Å². The molecule has 2 nitrogen and oxygen atoms in total. The van der Waals surface area contributed by atoms with Gasteiger partial charge in [0.2, 0.25) is 0 Å². The van der Waals surface area contributed by atoms with Crippen LogP contribution >= 0.6 is 11.6 Å². The van der Waals surface area contributed by atoms with Crippen molar-refractivity contribution in [1.82, 2.24) is 0 Å². The minimum atomic E-state index is -0.356. The van der Waals surface area contributed by atoms with Gasteiger partial charge in [0.1, 0.15) is 11.9 Å². The van der Waals surface area contributed by atoms with Crippen molar-refractivity contribution in [3.8, 4) is 0 Å². The Morgan fingerprint density at radius 1 is 1.00 bits per heavy atom. The van der Waals surface area contributed by atoms with Gasteiger partial charge >= 0.3 is 0 Å².